The summed E-state index contributed by atoms with van der Waals surface area (Å²) in [6.07, 6.45) is -1.26. The lowest BCUT2D eigenvalue weighted by molar-refractivity contribution is -0.148. The van der Waals surface area contributed by atoms with Crippen LogP contribution in [0.15, 0.2) is 48.8 Å². The van der Waals surface area contributed by atoms with Crippen molar-refractivity contribution >= 4 is 75.7 Å². The maximum absolute atomic E-state index is 14.3. The summed E-state index contributed by atoms with van der Waals surface area (Å²) < 4.78 is 38.8. The van der Waals surface area contributed by atoms with Crippen molar-refractivity contribution in [2.75, 3.05) is 18.9 Å². The second kappa shape index (κ2) is 13.0. The van der Waals surface area contributed by atoms with E-state index >= 15 is 0 Å². The number of aliphatic hydroxyl groups is 1. The fourth-order valence-corrected chi connectivity index (χ4v) is 7.20. The summed E-state index contributed by atoms with van der Waals surface area (Å²) in [5, 5.41) is 15.3. The van der Waals surface area contributed by atoms with Gasteiger partial charge in [-0.1, -0.05) is 79.8 Å². The predicted molar refractivity (Wildman–Crippen MR) is 174 cm³/mol. The number of nitrogens with one attached hydrogen (secondary N) is 1. The van der Waals surface area contributed by atoms with Crippen LogP contribution >= 0.6 is 41.9 Å². The minimum Gasteiger partial charge on any atom is -0.464 e. The first-order valence-electron chi connectivity index (χ1n) is 13.7. The van der Waals surface area contributed by atoms with Crippen LogP contribution in [-0.4, -0.2) is 66.0 Å². The fraction of sp³-hybridized carbons (Fsp3) is 0.429. The van der Waals surface area contributed by atoms with Gasteiger partial charge in [0.25, 0.3) is 0 Å². The molecule has 16 heteroatoms. The zero-order chi connectivity index (χ0) is 31.8. The molecular weight excluding hydrogens is 726 g/mol. The Kier molecular flexibility index (Phi) is 9.71. The maximum Gasteiger partial charge on any atom is 0.459 e. The Balaban J connectivity index is 1.37. The Hall–Kier alpha value is -2.59. The molecule has 3 unspecified atom stereocenters. The molecule has 13 nitrogen and oxygen atoms in total. The maximum atomic E-state index is 14.3. The minimum atomic E-state index is -4.27. The van der Waals surface area contributed by atoms with E-state index in [0.717, 1.165) is 5.39 Å². The van der Waals surface area contributed by atoms with Crippen molar-refractivity contribution in [3.05, 3.63) is 54.1 Å². The fourth-order valence-electron chi connectivity index (χ4n) is 4.53. The van der Waals surface area contributed by atoms with Gasteiger partial charge >= 0.3 is 13.7 Å². The van der Waals surface area contributed by atoms with Gasteiger partial charge in [0.15, 0.2) is 17.7 Å². The molecule has 1 saturated heterocycles. The molecule has 4 aromatic rings. The monoisotopic (exact) mass is 758 g/mol. The number of nitrogens with zero attached hydrogens (tertiary/aromatic N) is 4. The summed E-state index contributed by atoms with van der Waals surface area (Å²) in [5.41, 5.74) is 6.35. The van der Waals surface area contributed by atoms with Crippen LogP contribution in [0.2, 0.25) is 5.28 Å². The molecule has 236 valence electrons. The zero-order valence-electron chi connectivity index (χ0n) is 24.4. The number of carbonyl (C=O) groups excluding carboxylic acids is 1. The highest BCUT2D eigenvalue weighted by Crippen LogP contribution is 2.48. The molecule has 0 saturated carbocycles. The average Bonchev–Trinajstić information content (AvgIpc) is 3.50. The van der Waals surface area contributed by atoms with Crippen LogP contribution in [0, 0.1) is 5.41 Å². The number of esters is 1. The van der Waals surface area contributed by atoms with Gasteiger partial charge in [0.1, 0.15) is 23.4 Å². The number of anilines is 1. The smallest absolute Gasteiger partial charge is 0.459 e. The number of ether oxygens (including phenoxy) is 2. The van der Waals surface area contributed by atoms with Crippen LogP contribution in [0.4, 0.5) is 5.82 Å². The number of hydrogen-bond acceptors (Lipinski definition) is 11. The number of aromatic nitrogens is 4. The topological polar surface area (TPSA) is 173 Å². The van der Waals surface area contributed by atoms with Crippen LogP contribution < -0.4 is 15.3 Å². The van der Waals surface area contributed by atoms with Crippen molar-refractivity contribution in [2.45, 2.75) is 56.1 Å². The number of carbonyl (C=O) groups is 1. The van der Waals surface area contributed by atoms with Crippen molar-refractivity contribution in [1.29, 1.82) is 0 Å². The van der Waals surface area contributed by atoms with E-state index in [1.165, 1.54) is 13.3 Å². The van der Waals surface area contributed by atoms with Gasteiger partial charge in [0, 0.05) is 5.39 Å². The zero-order valence-corrected chi connectivity index (χ0v) is 28.2. The molecule has 3 heterocycles. The molecule has 6 atom stereocenters. The van der Waals surface area contributed by atoms with E-state index in [0.29, 0.717) is 16.6 Å². The number of alkyl halides is 1. The van der Waals surface area contributed by atoms with Gasteiger partial charge in [-0.15, -0.1) is 0 Å². The van der Waals surface area contributed by atoms with Crippen LogP contribution in [-0.2, 0) is 23.4 Å². The molecule has 0 spiro atoms. The van der Waals surface area contributed by atoms with Crippen LogP contribution in [0.25, 0.3) is 21.9 Å². The first-order valence-corrected chi connectivity index (χ1v) is 16.9. The van der Waals surface area contributed by atoms with E-state index in [2.05, 4.69) is 42.6 Å². The summed E-state index contributed by atoms with van der Waals surface area (Å²) >= 11 is 8.08. The molecule has 0 amide bonds. The van der Waals surface area contributed by atoms with Crippen LogP contribution in [0.3, 0.4) is 0 Å². The van der Waals surface area contributed by atoms with Crippen molar-refractivity contribution in [3.8, 4) is 5.75 Å². The number of rotatable bonds is 10. The Morgan fingerprint density at radius 2 is 1.98 bits per heavy atom. The largest absolute Gasteiger partial charge is 0.464 e. The van der Waals surface area contributed by atoms with Crippen molar-refractivity contribution in [2.24, 2.45) is 5.41 Å². The number of imidazole rings is 1. The summed E-state index contributed by atoms with van der Waals surface area (Å²) in [6.45, 7) is 7.12. The summed E-state index contributed by atoms with van der Waals surface area (Å²) in [6, 6.07) is 11.7. The highest BCUT2D eigenvalue weighted by molar-refractivity contribution is 14.1. The van der Waals surface area contributed by atoms with Gasteiger partial charge in [-0.2, -0.15) is 15.1 Å². The third-order valence-electron chi connectivity index (χ3n) is 6.72. The molecule has 0 radical (unpaired) electrons. The van der Waals surface area contributed by atoms with Crippen molar-refractivity contribution in [1.82, 2.24) is 24.6 Å². The van der Waals surface area contributed by atoms with Gasteiger partial charge < -0.3 is 24.8 Å². The van der Waals surface area contributed by atoms with E-state index < -0.39 is 42.1 Å². The summed E-state index contributed by atoms with van der Waals surface area (Å²) in [5.74, 6) is -0.234. The molecule has 2 aromatic heterocycles. The number of hydrogen-bond donors (Lipinski definition) is 3. The summed E-state index contributed by atoms with van der Waals surface area (Å²) in [4.78, 5) is 25.2. The number of benzene rings is 2. The third-order valence-corrected chi connectivity index (χ3v) is 9.87. The first kappa shape index (κ1) is 32.8. The van der Waals surface area contributed by atoms with E-state index in [9.17, 15) is 14.5 Å². The summed E-state index contributed by atoms with van der Waals surface area (Å²) in [7, 11) is -4.27. The minimum absolute atomic E-state index is 0.0621. The number of fused-ring (bicyclic) bond motifs is 2. The highest BCUT2D eigenvalue weighted by Gasteiger charge is 2.45. The van der Waals surface area contributed by atoms with Gasteiger partial charge in [-0.05, 0) is 35.4 Å². The molecule has 5 rings (SSSR count). The number of nitrogens with two attached hydrogens (primary N) is 1. The molecule has 1 aliphatic rings. The van der Waals surface area contributed by atoms with E-state index in [1.54, 1.807) is 16.7 Å². The quantitative estimate of drug-likeness (QED) is 0.0647. The van der Waals surface area contributed by atoms with Crippen LogP contribution in [0.5, 0.6) is 5.75 Å². The Morgan fingerprint density at radius 3 is 2.73 bits per heavy atom. The lowest BCUT2D eigenvalue weighted by atomic mass is 9.99. The predicted octanol–water partition coefficient (Wildman–Crippen LogP) is 5.05. The average molecular weight is 759 g/mol. The van der Waals surface area contributed by atoms with Crippen LogP contribution in [0.1, 0.15) is 33.9 Å². The van der Waals surface area contributed by atoms with E-state index in [4.69, 9.17) is 35.9 Å². The molecule has 2 aromatic carbocycles. The lowest BCUT2D eigenvalue weighted by Gasteiger charge is -2.26. The van der Waals surface area contributed by atoms with E-state index in [1.807, 2.05) is 51.1 Å². The molecule has 4 N–H and O–H groups in total. The lowest BCUT2D eigenvalue weighted by Crippen LogP contribution is -2.37. The second-order valence-electron chi connectivity index (χ2n) is 11.6. The molecule has 0 bridgehead atoms. The van der Waals surface area contributed by atoms with Gasteiger partial charge in [0.05, 0.1) is 29.6 Å². The Labute approximate surface area is 272 Å². The molecular formula is C28H33ClIN6O7P. The molecule has 44 heavy (non-hydrogen) atoms. The molecule has 0 aliphatic carbocycles. The van der Waals surface area contributed by atoms with Crippen molar-refractivity contribution < 1.29 is 33.0 Å². The standard InChI is InChI=1S/C28H33ClIN6O7P/c1-15(26(38)40-13-28(2,3)4)35-44(39,43-18-11-7-9-16-8-5-6-10-17(16)18)41-12-19-22(37)20(30)25(42-19)36-14-32-21-23(31)33-27(29)34-24(21)36/h5-11,14-15,19-20,22,25,37H,12-13H2,1-4H3,(H,35,39)(H2,31,33,34)/t15-,19+,20?,22?,25+,44?/m0/s1. The van der Waals surface area contributed by atoms with Gasteiger partial charge in [0.2, 0.25) is 5.28 Å². The first-order chi connectivity index (χ1) is 20.7. The SMILES string of the molecule is C[C@H](NP(=O)(OC[C@H]1O[C@@H](n2cnc3c(N)nc(Cl)nc32)C(I)C1O)Oc1cccc2ccccc12)C(=O)OCC(C)(C)C. The number of nitrogen functional groups attached to an aromatic ring is 1. The highest BCUT2D eigenvalue weighted by atomic mass is 127. The van der Waals surface area contributed by atoms with Gasteiger partial charge in [-0.3, -0.25) is 13.9 Å². The number of aliphatic hydroxyl groups excluding tert-OH is 1. The Morgan fingerprint density at radius 1 is 1.25 bits per heavy atom. The normalized spacial score (nSPS) is 22.6. The van der Waals surface area contributed by atoms with Gasteiger partial charge in [-0.25, -0.2) is 9.55 Å². The van der Waals surface area contributed by atoms with E-state index in [-0.39, 0.29) is 35.5 Å². The van der Waals surface area contributed by atoms with Crippen molar-refractivity contribution in [3.63, 3.8) is 0 Å². The molecule has 1 aliphatic heterocycles. The third kappa shape index (κ3) is 7.27. The Bertz CT molecular complexity index is 1710. The number of halogens is 2. The second-order valence-corrected chi connectivity index (χ2v) is 15.1. The molecule has 1 fully saturated rings.